The first kappa shape index (κ1) is 37.8. The third kappa shape index (κ3) is 36.8. The summed E-state index contributed by atoms with van der Waals surface area (Å²) >= 11 is 5.58. The van der Waals surface area contributed by atoms with Gasteiger partial charge in [-0.1, -0.05) is 38.5 Å². The van der Waals surface area contributed by atoms with E-state index in [1.165, 1.54) is 0 Å². The maximum Gasteiger partial charge on any atom is 0.0701 e. The summed E-state index contributed by atoms with van der Waals surface area (Å²) in [6.07, 6.45) is 0. The molecule has 0 N–H and O–H groups in total. The van der Waals surface area contributed by atoms with Gasteiger partial charge in [-0.25, -0.2) is 0 Å². The van der Waals surface area contributed by atoms with Crippen LogP contribution in [0.1, 0.15) is 0 Å². The summed E-state index contributed by atoms with van der Waals surface area (Å²) in [6.45, 7) is 12.5. The molecule has 0 bridgehead atoms. The monoisotopic (exact) mass is 718 g/mol. The Morgan fingerprint density at radius 2 is 0.432 bits per heavy atom. The van der Waals surface area contributed by atoms with E-state index >= 15 is 0 Å². The molecule has 0 aliphatic carbocycles. The number of hydrogen-bond acceptors (Lipinski definition) is 11. The van der Waals surface area contributed by atoms with Crippen LogP contribution < -0.4 is 0 Å². The standard InChI is InChI=1S/C24H48BrIO11/c25-1-3-27-5-7-29-9-11-31-13-15-33-17-19-35-21-23-37-24-22-36-20-18-34-16-14-32-12-10-30-8-6-28-4-2-26/h1-24H2. The molecule has 224 valence electrons. The number of alkyl halides is 2. The van der Waals surface area contributed by atoms with Gasteiger partial charge in [-0.05, 0) is 0 Å². The van der Waals surface area contributed by atoms with Gasteiger partial charge in [0.1, 0.15) is 0 Å². The maximum atomic E-state index is 5.46. The lowest BCUT2D eigenvalue weighted by atomic mass is 10.6. The summed E-state index contributed by atoms with van der Waals surface area (Å²) in [5.74, 6) is 0. The Bertz CT molecular complexity index is 370. The second-order valence-electron chi connectivity index (χ2n) is 7.11. The molecule has 0 unspecified atom stereocenters. The minimum atomic E-state index is 0.524. The van der Waals surface area contributed by atoms with E-state index in [1.807, 2.05) is 0 Å². The number of halogens is 2. The molecule has 0 atom stereocenters. The highest BCUT2D eigenvalue weighted by Gasteiger charge is 1.96. The first-order valence-electron chi connectivity index (χ1n) is 12.9. The zero-order valence-corrected chi connectivity index (χ0v) is 26.0. The van der Waals surface area contributed by atoms with Gasteiger partial charge >= 0.3 is 0 Å². The number of hydrogen-bond donors (Lipinski definition) is 0. The van der Waals surface area contributed by atoms with Crippen LogP contribution in [0.15, 0.2) is 0 Å². The topological polar surface area (TPSA) is 102 Å². The van der Waals surface area contributed by atoms with E-state index in [1.54, 1.807) is 0 Å². The minimum Gasteiger partial charge on any atom is -0.378 e. The van der Waals surface area contributed by atoms with Crippen molar-refractivity contribution in [3.05, 3.63) is 0 Å². The lowest BCUT2D eigenvalue weighted by molar-refractivity contribution is -0.0272. The Morgan fingerprint density at radius 3 is 0.595 bits per heavy atom. The fourth-order valence-corrected chi connectivity index (χ4v) is 2.95. The molecule has 0 rings (SSSR count). The van der Waals surface area contributed by atoms with Crippen molar-refractivity contribution >= 4 is 38.5 Å². The summed E-state index contributed by atoms with van der Waals surface area (Å²) in [6, 6.07) is 0. The third-order valence-electron chi connectivity index (χ3n) is 4.16. The zero-order valence-electron chi connectivity index (χ0n) is 22.2. The van der Waals surface area contributed by atoms with E-state index < -0.39 is 0 Å². The zero-order chi connectivity index (χ0) is 26.7. The predicted molar refractivity (Wildman–Crippen MR) is 152 cm³/mol. The smallest absolute Gasteiger partial charge is 0.0701 e. The summed E-state index contributed by atoms with van der Waals surface area (Å²) in [4.78, 5) is 0. The van der Waals surface area contributed by atoms with E-state index in [9.17, 15) is 0 Å². The fourth-order valence-electron chi connectivity index (χ4n) is 2.41. The number of ether oxygens (including phenoxy) is 11. The summed E-state index contributed by atoms with van der Waals surface area (Å²) in [7, 11) is 0. The molecular weight excluding hydrogens is 671 g/mol. The lowest BCUT2D eigenvalue weighted by Gasteiger charge is -2.09. The Labute approximate surface area is 245 Å². The highest BCUT2D eigenvalue weighted by atomic mass is 127. The number of rotatable bonds is 34. The van der Waals surface area contributed by atoms with Crippen molar-refractivity contribution in [1.29, 1.82) is 0 Å². The van der Waals surface area contributed by atoms with Gasteiger partial charge in [-0.3, -0.25) is 0 Å². The van der Waals surface area contributed by atoms with Crippen molar-refractivity contribution in [2.45, 2.75) is 0 Å². The van der Waals surface area contributed by atoms with Crippen molar-refractivity contribution in [1.82, 2.24) is 0 Å². The van der Waals surface area contributed by atoms with Gasteiger partial charge in [0.2, 0.25) is 0 Å². The average Bonchev–Trinajstić information content (AvgIpc) is 2.91. The Balaban J connectivity index is 3.00. The van der Waals surface area contributed by atoms with Gasteiger partial charge < -0.3 is 52.1 Å². The minimum absolute atomic E-state index is 0.524. The molecule has 13 heteroatoms. The molecule has 0 saturated carbocycles. The molecule has 0 aliphatic heterocycles. The van der Waals surface area contributed by atoms with Crippen LogP contribution in [0.5, 0.6) is 0 Å². The molecular formula is C24H48BrIO11. The van der Waals surface area contributed by atoms with Crippen LogP contribution in [-0.2, 0) is 52.1 Å². The summed E-state index contributed by atoms with van der Waals surface area (Å²) in [5.41, 5.74) is 0. The second-order valence-corrected chi connectivity index (χ2v) is 8.99. The molecule has 37 heavy (non-hydrogen) atoms. The van der Waals surface area contributed by atoms with Gasteiger partial charge in [-0.2, -0.15) is 0 Å². The van der Waals surface area contributed by atoms with Crippen LogP contribution in [-0.4, -0.2) is 155 Å². The fraction of sp³-hybridized carbons (Fsp3) is 1.00. The molecule has 0 radical (unpaired) electrons. The first-order valence-corrected chi connectivity index (χ1v) is 15.5. The van der Waals surface area contributed by atoms with Crippen molar-refractivity contribution in [2.24, 2.45) is 0 Å². The van der Waals surface area contributed by atoms with E-state index in [2.05, 4.69) is 38.5 Å². The van der Waals surface area contributed by atoms with Crippen LogP contribution in [0.2, 0.25) is 0 Å². The van der Waals surface area contributed by atoms with Crippen LogP contribution in [0.25, 0.3) is 0 Å². The highest BCUT2D eigenvalue weighted by Crippen LogP contribution is 1.88. The van der Waals surface area contributed by atoms with Crippen LogP contribution in [0, 0.1) is 0 Å². The molecule has 0 heterocycles. The molecule has 0 aromatic carbocycles. The van der Waals surface area contributed by atoms with Crippen molar-refractivity contribution in [3.8, 4) is 0 Å². The van der Waals surface area contributed by atoms with Crippen LogP contribution in [0.4, 0.5) is 0 Å². The molecule has 0 saturated heterocycles. The van der Waals surface area contributed by atoms with Gasteiger partial charge in [-0.15, -0.1) is 0 Å². The predicted octanol–water partition coefficient (Wildman–Crippen LogP) is 2.00. The second kappa shape index (κ2) is 36.8. The Kier molecular flexibility index (Phi) is 37.5. The van der Waals surface area contributed by atoms with Gasteiger partial charge in [0.25, 0.3) is 0 Å². The van der Waals surface area contributed by atoms with E-state index in [4.69, 9.17) is 52.1 Å². The molecule has 0 aromatic heterocycles. The Morgan fingerprint density at radius 1 is 0.270 bits per heavy atom. The quantitative estimate of drug-likeness (QED) is 0.0555. The summed E-state index contributed by atoms with van der Waals surface area (Å²) < 4.78 is 60.5. The Hall–Kier alpha value is 0.770. The van der Waals surface area contributed by atoms with Crippen molar-refractivity contribution in [3.63, 3.8) is 0 Å². The molecule has 0 amide bonds. The SMILES string of the molecule is BrCCOCCOCCOCCOCCOCCOCCOCCOCCOCCOCCOCCI. The highest BCUT2D eigenvalue weighted by molar-refractivity contribution is 14.1. The average molecular weight is 719 g/mol. The molecule has 0 aromatic rings. The molecule has 0 spiro atoms. The van der Waals surface area contributed by atoms with E-state index in [-0.39, 0.29) is 0 Å². The molecule has 11 nitrogen and oxygen atoms in total. The van der Waals surface area contributed by atoms with Gasteiger partial charge in [0.15, 0.2) is 0 Å². The molecule has 0 fully saturated rings. The first-order chi connectivity index (χ1) is 18.4. The van der Waals surface area contributed by atoms with Gasteiger partial charge in [0, 0.05) is 9.76 Å². The van der Waals surface area contributed by atoms with E-state index in [0.717, 1.165) is 16.4 Å². The largest absolute Gasteiger partial charge is 0.378 e. The van der Waals surface area contributed by atoms with Crippen LogP contribution in [0.3, 0.4) is 0 Å². The van der Waals surface area contributed by atoms with Gasteiger partial charge in [0.05, 0.1) is 145 Å². The van der Waals surface area contributed by atoms with E-state index in [0.29, 0.717) is 139 Å². The van der Waals surface area contributed by atoms with Crippen molar-refractivity contribution in [2.75, 3.05) is 155 Å². The normalized spacial score (nSPS) is 11.5. The third-order valence-corrected chi connectivity index (χ3v) is 4.93. The molecule has 0 aliphatic rings. The summed E-state index contributed by atoms with van der Waals surface area (Å²) in [5, 5.41) is 0.841. The van der Waals surface area contributed by atoms with Crippen molar-refractivity contribution < 1.29 is 52.1 Å². The van der Waals surface area contributed by atoms with Crippen LogP contribution >= 0.6 is 38.5 Å². The lowest BCUT2D eigenvalue weighted by Crippen LogP contribution is -2.15. The maximum absolute atomic E-state index is 5.46.